The van der Waals surface area contributed by atoms with Gasteiger partial charge in [-0.25, -0.2) is 9.78 Å². The third-order valence-electron chi connectivity index (χ3n) is 3.15. The zero-order chi connectivity index (χ0) is 12.6. The van der Waals surface area contributed by atoms with E-state index in [0.29, 0.717) is 6.04 Å². The molecular formula is C11H15ClN2O2S. The summed E-state index contributed by atoms with van der Waals surface area (Å²) >= 11 is 6.99. The van der Waals surface area contributed by atoms with Crippen molar-refractivity contribution in [2.24, 2.45) is 5.92 Å². The van der Waals surface area contributed by atoms with Crippen LogP contribution in [-0.4, -0.2) is 28.6 Å². The zero-order valence-electron chi connectivity index (χ0n) is 9.81. The summed E-state index contributed by atoms with van der Waals surface area (Å²) in [6.45, 7) is 5.31. The summed E-state index contributed by atoms with van der Waals surface area (Å²) in [5, 5.41) is 9.78. The number of carbonyl (C=O) groups is 1. The molecule has 0 spiro atoms. The van der Waals surface area contributed by atoms with E-state index in [2.05, 4.69) is 23.7 Å². The molecule has 1 aliphatic rings. The average Bonchev–Trinajstić information content (AvgIpc) is 2.60. The molecule has 0 aliphatic carbocycles. The van der Waals surface area contributed by atoms with E-state index in [1.807, 2.05) is 0 Å². The predicted octanol–water partition coefficient (Wildman–Crippen LogP) is 3.12. The van der Waals surface area contributed by atoms with E-state index in [4.69, 9.17) is 16.7 Å². The highest BCUT2D eigenvalue weighted by molar-refractivity contribution is 7.18. The second-order valence-electron chi connectivity index (χ2n) is 4.59. The highest BCUT2D eigenvalue weighted by Gasteiger charge is 2.27. The topological polar surface area (TPSA) is 53.4 Å². The third-order valence-corrected chi connectivity index (χ3v) is 4.62. The molecule has 0 radical (unpaired) electrons. The molecule has 0 saturated carbocycles. The summed E-state index contributed by atoms with van der Waals surface area (Å²) in [4.78, 5) is 17.4. The number of carboxylic acids is 1. The molecule has 1 fully saturated rings. The Kier molecular flexibility index (Phi) is 3.58. The lowest BCUT2D eigenvalue weighted by molar-refractivity contribution is 0.0702. The van der Waals surface area contributed by atoms with E-state index < -0.39 is 5.97 Å². The molecule has 17 heavy (non-hydrogen) atoms. The molecule has 0 bridgehead atoms. The van der Waals surface area contributed by atoms with E-state index in [1.165, 1.54) is 0 Å². The molecule has 94 valence electrons. The lowest BCUT2D eigenvalue weighted by atomic mass is 9.94. The number of aromatic carboxylic acids is 1. The second kappa shape index (κ2) is 4.82. The van der Waals surface area contributed by atoms with Crippen molar-refractivity contribution in [2.45, 2.75) is 32.7 Å². The largest absolute Gasteiger partial charge is 0.477 e. The van der Waals surface area contributed by atoms with Crippen LogP contribution in [0.1, 0.15) is 36.4 Å². The van der Waals surface area contributed by atoms with Crippen LogP contribution in [-0.2, 0) is 0 Å². The Bertz CT molecular complexity index is 435. The monoisotopic (exact) mass is 274 g/mol. The number of piperidine rings is 1. The SMILES string of the molecule is CC1CCN(c2nc(Cl)c(C(=O)O)s2)C(C)C1. The summed E-state index contributed by atoms with van der Waals surface area (Å²) in [5.74, 6) is -0.285. The van der Waals surface area contributed by atoms with E-state index >= 15 is 0 Å². The van der Waals surface area contributed by atoms with Gasteiger partial charge in [0.1, 0.15) is 0 Å². The van der Waals surface area contributed by atoms with Gasteiger partial charge in [0.2, 0.25) is 0 Å². The van der Waals surface area contributed by atoms with Crippen LogP contribution in [0.3, 0.4) is 0 Å². The molecule has 1 saturated heterocycles. The van der Waals surface area contributed by atoms with Crippen LogP contribution in [0.4, 0.5) is 5.13 Å². The molecule has 2 unspecified atom stereocenters. The summed E-state index contributed by atoms with van der Waals surface area (Å²) < 4.78 is 0. The quantitative estimate of drug-likeness (QED) is 0.900. The van der Waals surface area contributed by atoms with Crippen molar-refractivity contribution < 1.29 is 9.90 Å². The predicted molar refractivity (Wildman–Crippen MR) is 69.3 cm³/mol. The molecule has 0 amide bonds. The first kappa shape index (κ1) is 12.6. The molecule has 1 aromatic heterocycles. The van der Waals surface area contributed by atoms with Crippen LogP contribution < -0.4 is 4.90 Å². The number of carboxylic acid groups (broad SMARTS) is 1. The van der Waals surface area contributed by atoms with Crippen molar-refractivity contribution in [1.82, 2.24) is 4.98 Å². The van der Waals surface area contributed by atoms with Gasteiger partial charge in [-0.15, -0.1) is 0 Å². The Morgan fingerprint density at radius 1 is 1.59 bits per heavy atom. The first-order valence-corrected chi connectivity index (χ1v) is 6.84. The first-order chi connectivity index (χ1) is 7.99. The van der Waals surface area contributed by atoms with Crippen LogP contribution in [0.5, 0.6) is 0 Å². The standard InChI is InChI=1S/C11H15ClN2O2S/c1-6-3-4-14(7(2)5-6)11-13-9(12)8(17-11)10(15)16/h6-7H,3-5H2,1-2H3,(H,15,16). The van der Waals surface area contributed by atoms with Crippen molar-refractivity contribution in [2.75, 3.05) is 11.4 Å². The van der Waals surface area contributed by atoms with Crippen molar-refractivity contribution in [1.29, 1.82) is 0 Å². The molecule has 4 nitrogen and oxygen atoms in total. The maximum Gasteiger partial charge on any atom is 0.349 e. The van der Waals surface area contributed by atoms with Crippen molar-refractivity contribution in [3.8, 4) is 0 Å². The van der Waals surface area contributed by atoms with Crippen LogP contribution in [0, 0.1) is 5.92 Å². The van der Waals surface area contributed by atoms with E-state index in [-0.39, 0.29) is 10.0 Å². The number of aromatic nitrogens is 1. The fourth-order valence-electron chi connectivity index (χ4n) is 2.24. The number of thiazole rings is 1. The van der Waals surface area contributed by atoms with Gasteiger partial charge in [0, 0.05) is 12.6 Å². The van der Waals surface area contributed by atoms with E-state index in [0.717, 1.165) is 41.8 Å². The minimum atomic E-state index is -1.00. The van der Waals surface area contributed by atoms with E-state index in [9.17, 15) is 4.79 Å². The fourth-order valence-corrected chi connectivity index (χ4v) is 3.49. The first-order valence-electron chi connectivity index (χ1n) is 5.65. The van der Waals surface area contributed by atoms with Crippen molar-refractivity contribution in [3.63, 3.8) is 0 Å². The minimum absolute atomic E-state index is 0.100. The highest BCUT2D eigenvalue weighted by atomic mass is 35.5. The number of nitrogens with zero attached hydrogens (tertiary/aromatic N) is 2. The van der Waals surface area contributed by atoms with Crippen LogP contribution in [0.2, 0.25) is 5.15 Å². The van der Waals surface area contributed by atoms with Gasteiger partial charge in [0.15, 0.2) is 15.2 Å². The number of rotatable bonds is 2. The normalized spacial score (nSPS) is 25.0. The van der Waals surface area contributed by atoms with Gasteiger partial charge in [-0.05, 0) is 25.7 Å². The van der Waals surface area contributed by atoms with E-state index in [1.54, 1.807) is 0 Å². The Labute approximate surface area is 109 Å². The minimum Gasteiger partial charge on any atom is -0.477 e. The van der Waals surface area contributed by atoms with Gasteiger partial charge in [-0.2, -0.15) is 0 Å². The lowest BCUT2D eigenvalue weighted by Gasteiger charge is -2.36. The van der Waals surface area contributed by atoms with Crippen LogP contribution in [0.25, 0.3) is 0 Å². The summed E-state index contributed by atoms with van der Waals surface area (Å²) in [7, 11) is 0. The van der Waals surface area contributed by atoms with Crippen LogP contribution in [0.15, 0.2) is 0 Å². The maximum absolute atomic E-state index is 10.9. The maximum atomic E-state index is 10.9. The Balaban J connectivity index is 2.22. The zero-order valence-corrected chi connectivity index (χ0v) is 11.4. The van der Waals surface area contributed by atoms with Gasteiger partial charge in [0.05, 0.1) is 0 Å². The van der Waals surface area contributed by atoms with Gasteiger partial charge in [-0.1, -0.05) is 29.9 Å². The number of hydrogen-bond acceptors (Lipinski definition) is 4. The molecule has 2 heterocycles. The number of halogens is 1. The molecule has 2 atom stereocenters. The number of anilines is 1. The molecular weight excluding hydrogens is 260 g/mol. The Morgan fingerprint density at radius 3 is 2.82 bits per heavy atom. The molecule has 2 rings (SSSR count). The fraction of sp³-hybridized carbons (Fsp3) is 0.636. The van der Waals surface area contributed by atoms with Gasteiger partial charge in [-0.3, -0.25) is 0 Å². The Morgan fingerprint density at radius 2 is 2.29 bits per heavy atom. The lowest BCUT2D eigenvalue weighted by Crippen LogP contribution is -2.40. The summed E-state index contributed by atoms with van der Waals surface area (Å²) in [6.07, 6.45) is 2.23. The van der Waals surface area contributed by atoms with Gasteiger partial charge < -0.3 is 10.0 Å². The highest BCUT2D eigenvalue weighted by Crippen LogP contribution is 2.34. The van der Waals surface area contributed by atoms with Crippen molar-refractivity contribution in [3.05, 3.63) is 10.0 Å². The number of hydrogen-bond donors (Lipinski definition) is 1. The summed E-state index contributed by atoms with van der Waals surface area (Å²) in [6, 6.07) is 0.391. The Hall–Kier alpha value is -0.810. The molecule has 1 N–H and O–H groups in total. The third kappa shape index (κ3) is 2.55. The second-order valence-corrected chi connectivity index (χ2v) is 5.93. The molecule has 6 heteroatoms. The van der Waals surface area contributed by atoms with Crippen molar-refractivity contribution >= 4 is 34.0 Å². The smallest absolute Gasteiger partial charge is 0.349 e. The molecule has 1 aliphatic heterocycles. The molecule has 0 aromatic carbocycles. The van der Waals surface area contributed by atoms with Crippen LogP contribution >= 0.6 is 22.9 Å². The summed E-state index contributed by atoms with van der Waals surface area (Å²) in [5.41, 5.74) is 0. The molecule has 1 aromatic rings. The van der Waals surface area contributed by atoms with Gasteiger partial charge in [0.25, 0.3) is 0 Å². The van der Waals surface area contributed by atoms with Gasteiger partial charge >= 0.3 is 5.97 Å². The average molecular weight is 275 g/mol.